The van der Waals surface area contributed by atoms with E-state index in [9.17, 15) is 4.79 Å². The highest BCUT2D eigenvalue weighted by Crippen LogP contribution is 2.31. The van der Waals surface area contributed by atoms with Crippen LogP contribution in [0.25, 0.3) is 22.3 Å². The van der Waals surface area contributed by atoms with Crippen molar-refractivity contribution in [2.45, 2.75) is 18.6 Å². The minimum Gasteiger partial charge on any atom is -0.484 e. The zero-order valence-corrected chi connectivity index (χ0v) is 16.6. The Kier molecular flexibility index (Phi) is 5.06. The summed E-state index contributed by atoms with van der Waals surface area (Å²) in [5.41, 5.74) is 3.48. The number of para-hydroxylation sites is 2. The van der Waals surface area contributed by atoms with E-state index in [-0.39, 0.29) is 12.5 Å². The Hall–Kier alpha value is -3.03. The molecule has 2 aliphatic heterocycles. The van der Waals surface area contributed by atoms with Gasteiger partial charge in [-0.05, 0) is 36.4 Å². The predicted octanol–water partition coefficient (Wildman–Crippen LogP) is 3.04. The van der Waals surface area contributed by atoms with Crippen molar-refractivity contribution in [3.63, 3.8) is 0 Å². The summed E-state index contributed by atoms with van der Waals surface area (Å²) in [5.74, 6) is 0.156. The first-order chi connectivity index (χ1) is 14.7. The Bertz CT molecular complexity index is 1040. The van der Waals surface area contributed by atoms with Crippen molar-refractivity contribution in [2.75, 3.05) is 32.9 Å². The number of carbonyl (C=O) groups is 1. The number of ether oxygens (including phenoxy) is 3. The van der Waals surface area contributed by atoms with Gasteiger partial charge < -0.3 is 19.1 Å². The molecule has 2 saturated heterocycles. The van der Waals surface area contributed by atoms with Crippen LogP contribution in [-0.2, 0) is 14.3 Å². The van der Waals surface area contributed by atoms with Gasteiger partial charge in [-0.2, -0.15) is 0 Å². The number of carbonyl (C=O) groups excluding carboxylic acids is 1. The van der Waals surface area contributed by atoms with Gasteiger partial charge in [-0.1, -0.05) is 12.1 Å². The third kappa shape index (κ3) is 3.86. The molecule has 0 atom stereocenters. The van der Waals surface area contributed by atoms with Crippen molar-refractivity contribution in [3.8, 4) is 17.0 Å². The number of aromatic nitrogens is 2. The highest BCUT2D eigenvalue weighted by Gasteiger charge is 2.40. The number of benzene rings is 2. The second kappa shape index (κ2) is 8.01. The summed E-state index contributed by atoms with van der Waals surface area (Å²) in [7, 11) is 0. The SMILES string of the molecule is O=C(COc1ccc(-c2cnc3ccccc3n2)cc1)N1CCC2(CC1)OCCO2. The largest absolute Gasteiger partial charge is 0.484 e. The normalized spacial score (nSPS) is 18.1. The summed E-state index contributed by atoms with van der Waals surface area (Å²) < 4.78 is 17.1. The quantitative estimate of drug-likeness (QED) is 0.664. The number of rotatable bonds is 4. The molecule has 3 aromatic rings. The minimum atomic E-state index is -0.473. The van der Waals surface area contributed by atoms with Crippen LogP contribution in [0.4, 0.5) is 0 Å². The van der Waals surface area contributed by atoms with E-state index < -0.39 is 5.79 Å². The topological polar surface area (TPSA) is 73.8 Å². The molecule has 0 bridgehead atoms. The van der Waals surface area contributed by atoms with Gasteiger partial charge in [-0.3, -0.25) is 9.78 Å². The molecule has 1 aromatic heterocycles. The monoisotopic (exact) mass is 405 g/mol. The van der Waals surface area contributed by atoms with E-state index in [1.54, 1.807) is 6.20 Å². The fourth-order valence-corrected chi connectivity index (χ4v) is 3.94. The standard InChI is InChI=1S/C23H23N3O4/c27-22(26-11-9-23(10-12-26)29-13-14-30-23)16-28-18-7-5-17(6-8-18)21-15-24-19-3-1-2-4-20(19)25-21/h1-8,15H,9-14,16H2. The Morgan fingerprint density at radius 1 is 1.00 bits per heavy atom. The summed E-state index contributed by atoms with van der Waals surface area (Å²) in [6.45, 7) is 2.54. The van der Waals surface area contributed by atoms with Gasteiger partial charge >= 0.3 is 0 Å². The molecule has 2 aromatic carbocycles. The van der Waals surface area contributed by atoms with Gasteiger partial charge in [0.05, 0.1) is 36.1 Å². The lowest BCUT2D eigenvalue weighted by molar-refractivity contribution is -0.187. The van der Waals surface area contributed by atoms with Gasteiger partial charge in [-0.25, -0.2) is 4.98 Å². The molecule has 30 heavy (non-hydrogen) atoms. The fraction of sp³-hybridized carbons (Fsp3) is 0.348. The molecule has 0 radical (unpaired) electrons. The molecule has 154 valence electrons. The summed E-state index contributed by atoms with van der Waals surface area (Å²) in [4.78, 5) is 23.4. The lowest BCUT2D eigenvalue weighted by Crippen LogP contribution is -2.48. The first kappa shape index (κ1) is 19.0. The van der Waals surface area contributed by atoms with Gasteiger partial charge in [0.1, 0.15) is 5.75 Å². The minimum absolute atomic E-state index is 0.0177. The molecule has 5 rings (SSSR count). The van der Waals surface area contributed by atoms with E-state index in [1.807, 2.05) is 53.4 Å². The van der Waals surface area contributed by atoms with Crippen molar-refractivity contribution in [3.05, 3.63) is 54.7 Å². The van der Waals surface area contributed by atoms with Crippen LogP contribution in [0.15, 0.2) is 54.7 Å². The second-order valence-electron chi connectivity index (χ2n) is 7.55. The molecule has 2 aliphatic rings. The van der Waals surface area contributed by atoms with Crippen LogP contribution in [0.1, 0.15) is 12.8 Å². The van der Waals surface area contributed by atoms with E-state index in [2.05, 4.69) is 9.97 Å². The fourth-order valence-electron chi connectivity index (χ4n) is 3.94. The maximum absolute atomic E-state index is 12.5. The number of hydrogen-bond donors (Lipinski definition) is 0. The Morgan fingerprint density at radius 3 is 2.43 bits per heavy atom. The molecule has 2 fully saturated rings. The van der Waals surface area contributed by atoms with Crippen molar-refractivity contribution in [1.29, 1.82) is 0 Å². The van der Waals surface area contributed by atoms with Crippen molar-refractivity contribution < 1.29 is 19.0 Å². The zero-order chi connectivity index (χ0) is 20.4. The summed E-state index contributed by atoms with van der Waals surface area (Å²) in [6.07, 6.45) is 3.18. The highest BCUT2D eigenvalue weighted by molar-refractivity contribution is 5.78. The van der Waals surface area contributed by atoms with Crippen molar-refractivity contribution in [2.24, 2.45) is 0 Å². The van der Waals surface area contributed by atoms with Crippen LogP contribution < -0.4 is 4.74 Å². The lowest BCUT2D eigenvalue weighted by Gasteiger charge is -2.37. The van der Waals surface area contributed by atoms with E-state index in [4.69, 9.17) is 14.2 Å². The maximum Gasteiger partial charge on any atom is 0.260 e. The van der Waals surface area contributed by atoms with Crippen molar-refractivity contribution in [1.82, 2.24) is 14.9 Å². The predicted molar refractivity (Wildman–Crippen MR) is 111 cm³/mol. The Morgan fingerprint density at radius 2 is 1.70 bits per heavy atom. The first-order valence-electron chi connectivity index (χ1n) is 10.2. The molecule has 0 N–H and O–H groups in total. The molecule has 0 aliphatic carbocycles. The molecule has 1 amide bonds. The van der Waals surface area contributed by atoms with Crippen molar-refractivity contribution >= 4 is 16.9 Å². The smallest absolute Gasteiger partial charge is 0.260 e. The van der Waals surface area contributed by atoms with Crippen LogP contribution in [0, 0.1) is 0 Å². The first-order valence-corrected chi connectivity index (χ1v) is 10.2. The highest BCUT2D eigenvalue weighted by atomic mass is 16.7. The number of nitrogens with zero attached hydrogens (tertiary/aromatic N) is 3. The average molecular weight is 405 g/mol. The number of hydrogen-bond acceptors (Lipinski definition) is 6. The number of piperidine rings is 1. The third-order valence-corrected chi connectivity index (χ3v) is 5.65. The summed E-state index contributed by atoms with van der Waals surface area (Å²) in [6, 6.07) is 15.3. The summed E-state index contributed by atoms with van der Waals surface area (Å²) in [5, 5.41) is 0. The molecule has 0 unspecified atom stereocenters. The lowest BCUT2D eigenvalue weighted by atomic mass is 10.0. The zero-order valence-electron chi connectivity index (χ0n) is 16.6. The van der Waals surface area contributed by atoms with Gasteiger partial charge in [0.15, 0.2) is 12.4 Å². The molecule has 1 spiro atoms. The van der Waals surface area contributed by atoms with Crippen LogP contribution in [0.2, 0.25) is 0 Å². The molecule has 3 heterocycles. The maximum atomic E-state index is 12.5. The van der Waals surface area contributed by atoms with E-state index >= 15 is 0 Å². The summed E-state index contributed by atoms with van der Waals surface area (Å²) >= 11 is 0. The van der Waals surface area contributed by atoms with E-state index in [0.717, 1.165) is 22.3 Å². The number of fused-ring (bicyclic) bond motifs is 1. The van der Waals surface area contributed by atoms with Crippen LogP contribution in [0.3, 0.4) is 0 Å². The molecular weight excluding hydrogens is 382 g/mol. The third-order valence-electron chi connectivity index (χ3n) is 5.65. The van der Waals surface area contributed by atoms with E-state index in [0.29, 0.717) is 44.9 Å². The molecule has 0 saturated carbocycles. The Labute approximate surface area is 174 Å². The van der Waals surface area contributed by atoms with Gasteiger partial charge in [-0.15, -0.1) is 0 Å². The number of likely N-dealkylation sites (tertiary alicyclic amines) is 1. The van der Waals surface area contributed by atoms with E-state index in [1.165, 1.54) is 0 Å². The average Bonchev–Trinajstić information content (AvgIpc) is 3.26. The van der Waals surface area contributed by atoms with Crippen LogP contribution in [0.5, 0.6) is 5.75 Å². The van der Waals surface area contributed by atoms with Gasteiger partial charge in [0.2, 0.25) is 0 Å². The van der Waals surface area contributed by atoms with Crippen LogP contribution in [-0.4, -0.2) is 59.5 Å². The van der Waals surface area contributed by atoms with Gasteiger partial charge in [0.25, 0.3) is 5.91 Å². The number of amides is 1. The molecule has 7 heteroatoms. The second-order valence-corrected chi connectivity index (χ2v) is 7.55. The van der Waals surface area contributed by atoms with Gasteiger partial charge in [0, 0.05) is 31.5 Å². The molecular formula is C23H23N3O4. The molecule has 7 nitrogen and oxygen atoms in total. The van der Waals surface area contributed by atoms with Crippen LogP contribution >= 0.6 is 0 Å². The Balaban J connectivity index is 1.17.